The Hall–Kier alpha value is -2.48. The summed E-state index contributed by atoms with van der Waals surface area (Å²) in [6, 6.07) is 0. The number of hydrogen-bond acceptors (Lipinski definition) is 6. The van der Waals surface area contributed by atoms with Crippen LogP contribution in [-0.4, -0.2) is 38.9 Å². The molecule has 0 aromatic carbocycles. The van der Waals surface area contributed by atoms with Crippen LogP contribution < -0.4 is 0 Å². The highest BCUT2D eigenvalue weighted by Crippen LogP contribution is 2.22. The lowest BCUT2D eigenvalue weighted by Crippen LogP contribution is -2.04. The number of carbonyl (C=O) groups excluding carboxylic acids is 1. The number of carbonyl (C=O) groups is 2. The van der Waals surface area contributed by atoms with Gasteiger partial charge in [0.15, 0.2) is 11.4 Å². The number of ether oxygens (including phenoxy) is 1. The SMILES string of the molecule is COC(=O)c1nn(C)c(C)c1/C=C/c1nc(C(=O)O)c(C)s1. The Kier molecular flexibility index (Phi) is 4.41. The van der Waals surface area contributed by atoms with Crippen molar-refractivity contribution in [3.05, 3.63) is 32.5 Å². The molecule has 2 rings (SSSR count). The number of carboxylic acids is 1. The Labute approximate surface area is 130 Å². The highest BCUT2D eigenvalue weighted by atomic mass is 32.1. The van der Waals surface area contributed by atoms with Crippen molar-refractivity contribution in [1.29, 1.82) is 0 Å². The molecule has 7 nitrogen and oxygen atoms in total. The van der Waals surface area contributed by atoms with Gasteiger partial charge < -0.3 is 9.84 Å². The van der Waals surface area contributed by atoms with Crippen LogP contribution >= 0.6 is 11.3 Å². The van der Waals surface area contributed by atoms with E-state index < -0.39 is 11.9 Å². The van der Waals surface area contributed by atoms with Gasteiger partial charge in [-0.05, 0) is 26.0 Å². The fourth-order valence-corrected chi connectivity index (χ4v) is 2.73. The van der Waals surface area contributed by atoms with Gasteiger partial charge in [0.1, 0.15) is 5.01 Å². The lowest BCUT2D eigenvalue weighted by molar-refractivity contribution is 0.0592. The van der Waals surface area contributed by atoms with Gasteiger partial charge >= 0.3 is 11.9 Å². The van der Waals surface area contributed by atoms with Gasteiger partial charge in [-0.2, -0.15) is 5.10 Å². The number of nitrogens with zero attached hydrogens (tertiary/aromatic N) is 3. The number of aromatic nitrogens is 3. The average molecular weight is 321 g/mol. The summed E-state index contributed by atoms with van der Waals surface area (Å²) in [7, 11) is 3.03. The maximum absolute atomic E-state index is 11.7. The van der Waals surface area contributed by atoms with Gasteiger partial charge in [0, 0.05) is 23.2 Å². The molecule has 0 amide bonds. The van der Waals surface area contributed by atoms with Crippen LogP contribution in [0.4, 0.5) is 0 Å². The lowest BCUT2D eigenvalue weighted by Gasteiger charge is -1.96. The van der Waals surface area contributed by atoms with Crippen LogP contribution in [0.25, 0.3) is 12.2 Å². The molecule has 116 valence electrons. The smallest absolute Gasteiger partial charge is 0.359 e. The standard InChI is InChI=1S/C14H15N3O4S/c1-7-9(12(14(20)21-4)16-17(7)3)5-6-10-15-11(13(18)19)8(2)22-10/h5-6H,1-4H3,(H,18,19)/b6-5+. The molecule has 2 aromatic heterocycles. The lowest BCUT2D eigenvalue weighted by atomic mass is 10.1. The molecule has 0 unspecified atom stereocenters. The molecule has 2 aromatic rings. The molecule has 0 bridgehead atoms. The van der Waals surface area contributed by atoms with Crippen LogP contribution in [0, 0.1) is 13.8 Å². The molecule has 1 N–H and O–H groups in total. The molecule has 2 heterocycles. The van der Waals surface area contributed by atoms with Crippen molar-refractivity contribution in [2.24, 2.45) is 7.05 Å². The number of esters is 1. The molecular weight excluding hydrogens is 306 g/mol. The zero-order chi connectivity index (χ0) is 16.4. The van der Waals surface area contributed by atoms with Gasteiger partial charge in [0.05, 0.1) is 7.11 Å². The van der Waals surface area contributed by atoms with E-state index in [1.807, 2.05) is 6.92 Å². The number of aromatic carboxylic acids is 1. The Morgan fingerprint density at radius 1 is 1.27 bits per heavy atom. The van der Waals surface area contributed by atoms with Crippen LogP contribution in [0.3, 0.4) is 0 Å². The van der Waals surface area contributed by atoms with E-state index in [1.54, 1.807) is 30.8 Å². The van der Waals surface area contributed by atoms with Crippen molar-refractivity contribution >= 4 is 35.4 Å². The highest BCUT2D eigenvalue weighted by molar-refractivity contribution is 7.12. The minimum Gasteiger partial charge on any atom is -0.476 e. The van der Waals surface area contributed by atoms with Crippen molar-refractivity contribution in [1.82, 2.24) is 14.8 Å². The molecule has 0 saturated carbocycles. The summed E-state index contributed by atoms with van der Waals surface area (Å²) in [6.07, 6.45) is 3.36. The third-order valence-corrected chi connectivity index (χ3v) is 4.10. The largest absolute Gasteiger partial charge is 0.476 e. The molecule has 0 aliphatic heterocycles. The van der Waals surface area contributed by atoms with Crippen molar-refractivity contribution in [3.63, 3.8) is 0 Å². The quantitative estimate of drug-likeness (QED) is 0.867. The summed E-state index contributed by atoms with van der Waals surface area (Å²) in [5, 5.41) is 13.7. The van der Waals surface area contributed by atoms with Crippen LogP contribution in [-0.2, 0) is 11.8 Å². The first-order valence-corrected chi connectivity index (χ1v) is 7.17. The highest BCUT2D eigenvalue weighted by Gasteiger charge is 2.18. The van der Waals surface area contributed by atoms with Gasteiger partial charge in [0.2, 0.25) is 0 Å². The molecule has 0 radical (unpaired) electrons. The van der Waals surface area contributed by atoms with E-state index >= 15 is 0 Å². The van der Waals surface area contributed by atoms with Gasteiger partial charge in [0.25, 0.3) is 0 Å². The molecule has 0 aliphatic carbocycles. The zero-order valence-electron chi connectivity index (χ0n) is 12.6. The van der Waals surface area contributed by atoms with Crippen molar-refractivity contribution < 1.29 is 19.4 Å². The van der Waals surface area contributed by atoms with Crippen molar-refractivity contribution in [2.75, 3.05) is 7.11 Å². The predicted octanol–water partition coefficient (Wildman–Crippen LogP) is 2.15. The summed E-state index contributed by atoms with van der Waals surface area (Å²) in [5.74, 6) is -1.58. The van der Waals surface area contributed by atoms with Gasteiger partial charge in [-0.1, -0.05) is 0 Å². The van der Waals surface area contributed by atoms with Crippen LogP contribution in [0.2, 0.25) is 0 Å². The summed E-state index contributed by atoms with van der Waals surface area (Å²) >= 11 is 1.27. The molecule has 8 heteroatoms. The fourth-order valence-electron chi connectivity index (χ4n) is 1.91. The number of rotatable bonds is 4. The van der Waals surface area contributed by atoms with E-state index in [0.29, 0.717) is 15.4 Å². The van der Waals surface area contributed by atoms with E-state index in [0.717, 1.165) is 5.69 Å². The van der Waals surface area contributed by atoms with Crippen LogP contribution in [0.1, 0.15) is 42.1 Å². The second-order valence-electron chi connectivity index (χ2n) is 4.56. The third kappa shape index (κ3) is 2.91. The van der Waals surface area contributed by atoms with Gasteiger partial charge in [-0.15, -0.1) is 11.3 Å². The summed E-state index contributed by atoms with van der Waals surface area (Å²) in [4.78, 5) is 27.4. The molecule has 0 aliphatic rings. The Bertz CT molecular complexity index is 773. The van der Waals surface area contributed by atoms with Crippen LogP contribution in [0.5, 0.6) is 0 Å². The zero-order valence-corrected chi connectivity index (χ0v) is 13.4. The Balaban J connectivity index is 2.40. The second kappa shape index (κ2) is 6.10. The molecule has 0 fully saturated rings. The van der Waals surface area contributed by atoms with Crippen molar-refractivity contribution in [2.45, 2.75) is 13.8 Å². The number of hydrogen-bond donors (Lipinski definition) is 1. The second-order valence-corrected chi connectivity index (χ2v) is 5.79. The number of thiazole rings is 1. The first-order chi connectivity index (χ1) is 10.3. The molecule has 0 atom stereocenters. The Morgan fingerprint density at radius 2 is 1.95 bits per heavy atom. The normalized spacial score (nSPS) is 11.1. The van der Waals surface area contributed by atoms with Gasteiger partial charge in [-0.3, -0.25) is 4.68 Å². The molecule has 0 spiro atoms. The van der Waals surface area contributed by atoms with E-state index in [1.165, 1.54) is 18.4 Å². The minimum atomic E-state index is -1.05. The maximum atomic E-state index is 11.7. The van der Waals surface area contributed by atoms with Gasteiger partial charge in [-0.25, -0.2) is 14.6 Å². The fraction of sp³-hybridized carbons (Fsp3) is 0.286. The van der Waals surface area contributed by atoms with Crippen LogP contribution in [0.15, 0.2) is 0 Å². The summed E-state index contributed by atoms with van der Waals surface area (Å²) < 4.78 is 6.30. The molecule has 0 saturated heterocycles. The summed E-state index contributed by atoms with van der Waals surface area (Å²) in [6.45, 7) is 3.53. The summed E-state index contributed by atoms with van der Waals surface area (Å²) in [5.41, 5.74) is 1.67. The monoisotopic (exact) mass is 321 g/mol. The van der Waals surface area contributed by atoms with E-state index in [9.17, 15) is 9.59 Å². The first kappa shape index (κ1) is 15.9. The van der Waals surface area contributed by atoms with E-state index in [-0.39, 0.29) is 11.4 Å². The maximum Gasteiger partial charge on any atom is 0.359 e. The molecular formula is C14H15N3O4S. The third-order valence-electron chi connectivity index (χ3n) is 3.17. The first-order valence-electron chi connectivity index (χ1n) is 6.35. The minimum absolute atomic E-state index is 0.0424. The average Bonchev–Trinajstić information content (AvgIpc) is 2.98. The van der Waals surface area contributed by atoms with E-state index in [2.05, 4.69) is 10.1 Å². The number of carboxylic acid groups (broad SMARTS) is 1. The Morgan fingerprint density at radius 3 is 2.50 bits per heavy atom. The van der Waals surface area contributed by atoms with E-state index in [4.69, 9.17) is 9.84 Å². The molecule has 22 heavy (non-hydrogen) atoms. The number of methoxy groups -OCH3 is 1. The number of aryl methyl sites for hydroxylation is 2. The predicted molar refractivity (Wildman–Crippen MR) is 82.0 cm³/mol. The van der Waals surface area contributed by atoms with Crippen molar-refractivity contribution in [3.8, 4) is 0 Å². The topological polar surface area (TPSA) is 94.3 Å².